The van der Waals surface area contributed by atoms with Gasteiger partial charge in [-0.25, -0.2) is 8.42 Å². The van der Waals surface area contributed by atoms with Gasteiger partial charge in [-0.1, -0.05) is 24.3 Å². The molecule has 1 amide bonds. The Balaban J connectivity index is 2.14. The zero-order valence-corrected chi connectivity index (χ0v) is 16.1. The number of amides is 1. The lowest BCUT2D eigenvalue weighted by molar-refractivity contribution is -0.387. The molecule has 1 aliphatic heterocycles. The van der Waals surface area contributed by atoms with E-state index in [-0.39, 0.29) is 18.7 Å². The van der Waals surface area contributed by atoms with Crippen molar-refractivity contribution < 1.29 is 22.9 Å². The Morgan fingerprint density at radius 3 is 2.54 bits per heavy atom. The number of nitrogens with one attached hydrogen (secondary N) is 1. The molecule has 0 aromatic heterocycles. The molecule has 2 aromatic carbocycles. The van der Waals surface area contributed by atoms with E-state index < -0.39 is 37.5 Å². The van der Waals surface area contributed by atoms with E-state index in [1.165, 1.54) is 20.2 Å². The van der Waals surface area contributed by atoms with Crippen LogP contribution >= 0.6 is 0 Å². The minimum atomic E-state index is -4.33. The van der Waals surface area contributed by atoms with Crippen LogP contribution in [0.25, 0.3) is 0 Å². The van der Waals surface area contributed by atoms with Crippen LogP contribution in [0.4, 0.5) is 5.69 Å². The van der Waals surface area contributed by atoms with E-state index in [2.05, 4.69) is 5.32 Å². The average Bonchev–Trinajstić information content (AvgIpc) is 2.71. The first kappa shape index (κ1) is 19.8. The van der Waals surface area contributed by atoms with E-state index in [1.807, 2.05) is 12.1 Å². The number of carbonyl (C=O) groups excluding carboxylic acids is 1. The van der Waals surface area contributed by atoms with E-state index in [0.29, 0.717) is 0 Å². The minimum Gasteiger partial charge on any atom is -0.497 e. The molecule has 10 heteroatoms. The monoisotopic (exact) mass is 405 g/mol. The van der Waals surface area contributed by atoms with Crippen molar-refractivity contribution in [3.8, 4) is 5.75 Å². The number of methoxy groups -OCH3 is 1. The molecule has 0 spiro atoms. The number of nitro benzene ring substituents is 1. The second-order valence-corrected chi connectivity index (χ2v) is 8.10. The van der Waals surface area contributed by atoms with Crippen LogP contribution in [0.15, 0.2) is 47.4 Å². The van der Waals surface area contributed by atoms with Crippen molar-refractivity contribution in [3.63, 3.8) is 0 Å². The summed E-state index contributed by atoms with van der Waals surface area (Å²) >= 11 is 0. The molecular weight excluding hydrogens is 386 g/mol. The van der Waals surface area contributed by atoms with Crippen LogP contribution in [0.2, 0.25) is 0 Å². The molecule has 1 N–H and O–H groups in total. The van der Waals surface area contributed by atoms with Crippen LogP contribution in [-0.2, 0) is 27.8 Å². The number of fused-ring (bicyclic) bond motifs is 1. The number of sulfonamides is 1. The third kappa shape index (κ3) is 3.43. The maximum absolute atomic E-state index is 13.4. The van der Waals surface area contributed by atoms with Gasteiger partial charge in [-0.05, 0) is 29.7 Å². The Morgan fingerprint density at radius 2 is 1.93 bits per heavy atom. The smallest absolute Gasteiger partial charge is 0.293 e. The molecule has 0 saturated carbocycles. The molecule has 0 unspecified atom stereocenters. The van der Waals surface area contributed by atoms with Crippen LogP contribution in [0.1, 0.15) is 11.1 Å². The predicted molar refractivity (Wildman–Crippen MR) is 100 cm³/mol. The molecule has 1 aliphatic rings. The molecule has 0 fully saturated rings. The summed E-state index contributed by atoms with van der Waals surface area (Å²) in [5.41, 5.74) is 1.02. The van der Waals surface area contributed by atoms with E-state index >= 15 is 0 Å². The van der Waals surface area contributed by atoms with Gasteiger partial charge in [0.1, 0.15) is 11.8 Å². The number of ether oxygens (including phenoxy) is 1. The summed E-state index contributed by atoms with van der Waals surface area (Å²) in [4.78, 5) is 22.6. The van der Waals surface area contributed by atoms with Crippen LogP contribution < -0.4 is 10.1 Å². The Hall–Kier alpha value is -2.98. The minimum absolute atomic E-state index is 0.0558. The molecular formula is C18H19N3O6S. The Morgan fingerprint density at radius 1 is 1.25 bits per heavy atom. The van der Waals surface area contributed by atoms with E-state index in [0.717, 1.165) is 27.6 Å². The third-order valence-electron chi connectivity index (χ3n) is 4.70. The van der Waals surface area contributed by atoms with Crippen molar-refractivity contribution in [2.24, 2.45) is 0 Å². The van der Waals surface area contributed by atoms with Gasteiger partial charge in [-0.2, -0.15) is 4.31 Å². The van der Waals surface area contributed by atoms with Crippen LogP contribution in [0.5, 0.6) is 5.75 Å². The summed E-state index contributed by atoms with van der Waals surface area (Å²) in [6.45, 7) is -0.0558. The lowest BCUT2D eigenvalue weighted by Crippen LogP contribution is -2.51. The molecule has 0 aliphatic carbocycles. The fourth-order valence-corrected chi connectivity index (χ4v) is 4.96. The number of hydrogen-bond acceptors (Lipinski definition) is 6. The van der Waals surface area contributed by atoms with Crippen molar-refractivity contribution in [1.82, 2.24) is 9.62 Å². The number of rotatable bonds is 5. The molecule has 2 aromatic rings. The van der Waals surface area contributed by atoms with Gasteiger partial charge in [0.2, 0.25) is 5.91 Å². The van der Waals surface area contributed by atoms with E-state index in [9.17, 15) is 23.3 Å². The molecule has 0 bridgehead atoms. The fraction of sp³-hybridized carbons (Fsp3) is 0.278. The second kappa shape index (κ2) is 7.56. The number of nitro groups is 1. The molecule has 0 saturated heterocycles. The van der Waals surface area contributed by atoms with Gasteiger partial charge in [0.15, 0.2) is 4.90 Å². The summed E-state index contributed by atoms with van der Waals surface area (Å²) in [7, 11) is -1.58. The van der Waals surface area contributed by atoms with Crippen LogP contribution in [0.3, 0.4) is 0 Å². The quantitative estimate of drug-likeness (QED) is 0.594. The van der Waals surface area contributed by atoms with Gasteiger partial charge in [-0.3, -0.25) is 14.9 Å². The lowest BCUT2D eigenvalue weighted by Gasteiger charge is -2.34. The normalized spacial score (nSPS) is 16.9. The van der Waals surface area contributed by atoms with Crippen molar-refractivity contribution in [3.05, 3.63) is 63.7 Å². The van der Waals surface area contributed by atoms with Gasteiger partial charge in [0.05, 0.1) is 18.1 Å². The SMILES string of the molecule is CNC(=O)[C@@H]1Cc2ccccc2CN1S(=O)(=O)c1ccc(OC)cc1[N+](=O)[O-]. The molecule has 9 nitrogen and oxygen atoms in total. The molecule has 148 valence electrons. The van der Waals surface area contributed by atoms with Gasteiger partial charge in [0.25, 0.3) is 15.7 Å². The first-order valence-electron chi connectivity index (χ1n) is 8.42. The maximum atomic E-state index is 13.4. The van der Waals surface area contributed by atoms with E-state index in [4.69, 9.17) is 4.74 Å². The Labute approximate surface area is 162 Å². The van der Waals surface area contributed by atoms with Gasteiger partial charge in [-0.15, -0.1) is 0 Å². The lowest BCUT2D eigenvalue weighted by atomic mass is 9.95. The highest BCUT2D eigenvalue weighted by molar-refractivity contribution is 7.89. The first-order valence-corrected chi connectivity index (χ1v) is 9.86. The first-order chi connectivity index (χ1) is 13.3. The highest BCUT2D eigenvalue weighted by Gasteiger charge is 2.41. The summed E-state index contributed by atoms with van der Waals surface area (Å²) in [5, 5.41) is 14.0. The molecule has 3 rings (SSSR count). The molecule has 1 heterocycles. The summed E-state index contributed by atoms with van der Waals surface area (Å²) in [5.74, 6) is -0.313. The largest absolute Gasteiger partial charge is 0.497 e. The zero-order chi connectivity index (χ0) is 20.5. The van der Waals surface area contributed by atoms with Crippen LogP contribution in [-0.4, -0.2) is 43.8 Å². The van der Waals surface area contributed by atoms with Gasteiger partial charge in [0, 0.05) is 13.6 Å². The number of carbonyl (C=O) groups is 1. The van der Waals surface area contributed by atoms with Gasteiger partial charge < -0.3 is 10.1 Å². The van der Waals surface area contributed by atoms with Crippen molar-refractivity contribution >= 4 is 21.6 Å². The number of nitrogens with zero attached hydrogens (tertiary/aromatic N) is 2. The number of likely N-dealkylation sites (N-methyl/N-ethyl adjacent to an activating group) is 1. The fourth-order valence-electron chi connectivity index (χ4n) is 3.25. The van der Waals surface area contributed by atoms with E-state index in [1.54, 1.807) is 12.1 Å². The van der Waals surface area contributed by atoms with Crippen LogP contribution in [0, 0.1) is 10.1 Å². The zero-order valence-electron chi connectivity index (χ0n) is 15.3. The molecule has 0 radical (unpaired) electrons. The summed E-state index contributed by atoms with van der Waals surface area (Å²) < 4.78 is 32.7. The Bertz CT molecular complexity index is 1040. The Kier molecular flexibility index (Phi) is 5.34. The van der Waals surface area contributed by atoms with Gasteiger partial charge >= 0.3 is 0 Å². The third-order valence-corrected chi connectivity index (χ3v) is 6.61. The number of hydrogen-bond donors (Lipinski definition) is 1. The second-order valence-electron chi connectivity index (χ2n) is 6.24. The van der Waals surface area contributed by atoms with Crippen molar-refractivity contribution in [2.45, 2.75) is 23.9 Å². The molecule has 28 heavy (non-hydrogen) atoms. The topological polar surface area (TPSA) is 119 Å². The maximum Gasteiger partial charge on any atom is 0.293 e. The molecule has 1 atom stereocenters. The van der Waals surface area contributed by atoms with Crippen molar-refractivity contribution in [2.75, 3.05) is 14.2 Å². The average molecular weight is 405 g/mol. The number of benzene rings is 2. The standard InChI is InChI=1S/C18H19N3O6S/c1-19-18(22)16-9-12-5-3-4-6-13(12)11-20(16)28(25,26)17-8-7-14(27-2)10-15(17)21(23)24/h3-8,10,16H,9,11H2,1-2H3,(H,19,22)/t16-/m0/s1. The highest BCUT2D eigenvalue weighted by Crippen LogP contribution is 2.34. The predicted octanol–water partition coefficient (Wildman–Crippen LogP) is 1.46. The highest BCUT2D eigenvalue weighted by atomic mass is 32.2. The van der Waals surface area contributed by atoms with Crippen molar-refractivity contribution in [1.29, 1.82) is 0 Å². The summed E-state index contributed by atoms with van der Waals surface area (Å²) in [6, 6.07) is 9.73. The summed E-state index contributed by atoms with van der Waals surface area (Å²) in [6.07, 6.45) is 0.180.